The average molecular weight is 428 g/mol. The molecular weight excluding hydrogens is 402 g/mol. The first-order valence-corrected chi connectivity index (χ1v) is 9.86. The SMILES string of the molecule is C=CCOc1ccccc1C(=O)NNC(=S)NC(=O)c1ccc(OC(C)CC)cc1. The van der Waals surface area contributed by atoms with Crippen LogP contribution in [0.25, 0.3) is 0 Å². The minimum atomic E-state index is -0.460. The second-order valence-electron chi connectivity index (χ2n) is 6.32. The summed E-state index contributed by atoms with van der Waals surface area (Å²) in [6.07, 6.45) is 2.57. The van der Waals surface area contributed by atoms with Gasteiger partial charge in [0.15, 0.2) is 5.11 Å². The normalized spacial score (nSPS) is 11.0. The molecule has 2 rings (SSSR count). The first-order chi connectivity index (χ1) is 14.4. The molecular formula is C22H25N3O4S. The molecule has 8 heteroatoms. The van der Waals surface area contributed by atoms with Crippen molar-refractivity contribution in [1.82, 2.24) is 16.2 Å². The summed E-state index contributed by atoms with van der Waals surface area (Å²) in [7, 11) is 0. The van der Waals surface area contributed by atoms with Gasteiger partial charge in [-0.25, -0.2) is 0 Å². The zero-order valence-electron chi connectivity index (χ0n) is 16.9. The molecule has 158 valence electrons. The van der Waals surface area contributed by atoms with Crippen LogP contribution in [0.4, 0.5) is 0 Å². The largest absolute Gasteiger partial charge is 0.491 e. The Morgan fingerprint density at radius 2 is 1.80 bits per heavy atom. The minimum absolute atomic E-state index is 0.0437. The maximum Gasteiger partial charge on any atom is 0.273 e. The molecule has 1 atom stereocenters. The van der Waals surface area contributed by atoms with Crippen LogP contribution in [-0.4, -0.2) is 29.6 Å². The van der Waals surface area contributed by atoms with Gasteiger partial charge in [0.05, 0.1) is 11.7 Å². The van der Waals surface area contributed by atoms with Crippen molar-refractivity contribution in [3.8, 4) is 11.5 Å². The summed E-state index contributed by atoms with van der Waals surface area (Å²) in [6, 6.07) is 13.5. The molecule has 0 aliphatic heterocycles. The van der Waals surface area contributed by atoms with Crippen molar-refractivity contribution in [2.75, 3.05) is 6.61 Å². The number of amides is 2. The van der Waals surface area contributed by atoms with Crippen LogP contribution >= 0.6 is 12.2 Å². The van der Waals surface area contributed by atoms with Crippen molar-refractivity contribution in [3.63, 3.8) is 0 Å². The molecule has 30 heavy (non-hydrogen) atoms. The zero-order chi connectivity index (χ0) is 21.9. The molecule has 7 nitrogen and oxygen atoms in total. The number of benzene rings is 2. The van der Waals surface area contributed by atoms with Crippen molar-refractivity contribution in [1.29, 1.82) is 0 Å². The maximum atomic E-state index is 12.4. The van der Waals surface area contributed by atoms with Crippen LogP contribution in [-0.2, 0) is 0 Å². The number of rotatable bonds is 8. The zero-order valence-corrected chi connectivity index (χ0v) is 17.8. The van der Waals surface area contributed by atoms with Gasteiger partial charge < -0.3 is 9.47 Å². The monoisotopic (exact) mass is 427 g/mol. The van der Waals surface area contributed by atoms with E-state index < -0.39 is 11.8 Å². The molecule has 0 aromatic heterocycles. The molecule has 0 saturated heterocycles. The molecule has 0 radical (unpaired) electrons. The van der Waals surface area contributed by atoms with Gasteiger partial charge in [-0.15, -0.1) is 0 Å². The van der Waals surface area contributed by atoms with Gasteiger partial charge in [-0.05, 0) is 62.0 Å². The highest BCUT2D eigenvalue weighted by Gasteiger charge is 2.13. The second kappa shape index (κ2) is 11.6. The van der Waals surface area contributed by atoms with E-state index in [1.54, 1.807) is 54.6 Å². The third-order valence-corrected chi connectivity index (χ3v) is 4.24. The first kappa shape index (κ1) is 22.9. The second-order valence-corrected chi connectivity index (χ2v) is 6.73. The lowest BCUT2D eigenvalue weighted by Crippen LogP contribution is -2.48. The fourth-order valence-electron chi connectivity index (χ4n) is 2.32. The standard InChI is InChI=1S/C22H25N3O4S/c1-4-14-28-19-9-7-6-8-18(19)21(27)24-25-22(30)23-20(26)16-10-12-17(13-11-16)29-15(3)5-2/h4,6-13,15H,1,5,14H2,2-3H3,(H,24,27)(H2,23,25,26,30). The number of carbonyl (C=O) groups is 2. The Bertz CT molecular complexity index is 900. The Balaban J connectivity index is 1.88. The van der Waals surface area contributed by atoms with Crippen LogP contribution in [0.15, 0.2) is 61.2 Å². The van der Waals surface area contributed by atoms with E-state index in [1.165, 1.54) is 0 Å². The Morgan fingerprint density at radius 3 is 2.47 bits per heavy atom. The van der Waals surface area contributed by atoms with Crippen molar-refractivity contribution in [2.45, 2.75) is 26.4 Å². The van der Waals surface area contributed by atoms with Gasteiger partial charge in [0.25, 0.3) is 11.8 Å². The summed E-state index contributed by atoms with van der Waals surface area (Å²) in [5.41, 5.74) is 5.67. The fraction of sp³-hybridized carbons (Fsp3) is 0.227. The van der Waals surface area contributed by atoms with E-state index in [2.05, 4.69) is 22.7 Å². The number of hydrogen-bond acceptors (Lipinski definition) is 5. The minimum Gasteiger partial charge on any atom is -0.491 e. The number of carbonyl (C=O) groups excluding carboxylic acids is 2. The van der Waals surface area contributed by atoms with E-state index >= 15 is 0 Å². The summed E-state index contributed by atoms with van der Waals surface area (Å²) in [4.78, 5) is 24.7. The van der Waals surface area contributed by atoms with Gasteiger partial charge in [-0.3, -0.25) is 25.8 Å². The molecule has 0 aliphatic carbocycles. The topological polar surface area (TPSA) is 88.7 Å². The first-order valence-electron chi connectivity index (χ1n) is 9.45. The van der Waals surface area contributed by atoms with Crippen LogP contribution < -0.4 is 25.6 Å². The summed E-state index contributed by atoms with van der Waals surface area (Å²) in [5, 5.41) is 2.46. The quantitative estimate of drug-likeness (QED) is 0.340. The number of hydrazine groups is 1. The molecule has 0 spiro atoms. The molecule has 0 fully saturated rings. The van der Waals surface area contributed by atoms with E-state index in [4.69, 9.17) is 21.7 Å². The molecule has 0 aliphatic rings. The highest BCUT2D eigenvalue weighted by atomic mass is 32.1. The molecule has 1 unspecified atom stereocenters. The number of hydrogen-bond donors (Lipinski definition) is 3. The fourth-order valence-corrected chi connectivity index (χ4v) is 2.46. The Hall–Kier alpha value is -3.39. The molecule has 0 heterocycles. The van der Waals surface area contributed by atoms with Gasteiger partial charge in [-0.2, -0.15) is 0 Å². The van der Waals surface area contributed by atoms with Crippen LogP contribution in [0.1, 0.15) is 41.0 Å². The predicted molar refractivity (Wildman–Crippen MR) is 120 cm³/mol. The van der Waals surface area contributed by atoms with Crippen LogP contribution in [0.5, 0.6) is 11.5 Å². The van der Waals surface area contributed by atoms with E-state index in [0.717, 1.165) is 6.42 Å². The van der Waals surface area contributed by atoms with E-state index in [0.29, 0.717) is 22.6 Å². The van der Waals surface area contributed by atoms with Crippen molar-refractivity contribution < 1.29 is 19.1 Å². The lowest BCUT2D eigenvalue weighted by Gasteiger charge is -2.14. The number of ether oxygens (including phenoxy) is 2. The number of nitrogens with one attached hydrogen (secondary N) is 3. The van der Waals surface area contributed by atoms with Gasteiger partial charge in [0.2, 0.25) is 0 Å². The van der Waals surface area contributed by atoms with Crippen molar-refractivity contribution in [3.05, 3.63) is 72.3 Å². The summed E-state index contributed by atoms with van der Waals surface area (Å²) in [6.45, 7) is 7.86. The van der Waals surface area contributed by atoms with Gasteiger partial charge in [-0.1, -0.05) is 31.7 Å². The Kier molecular flexibility index (Phi) is 8.83. The van der Waals surface area contributed by atoms with E-state index in [-0.39, 0.29) is 17.8 Å². The lowest BCUT2D eigenvalue weighted by molar-refractivity contribution is 0.0931. The van der Waals surface area contributed by atoms with Crippen molar-refractivity contribution in [2.24, 2.45) is 0 Å². The maximum absolute atomic E-state index is 12.4. The molecule has 0 bridgehead atoms. The smallest absolute Gasteiger partial charge is 0.273 e. The van der Waals surface area contributed by atoms with Crippen LogP contribution in [0.3, 0.4) is 0 Å². The van der Waals surface area contributed by atoms with E-state index in [1.807, 2.05) is 13.8 Å². The summed E-state index contributed by atoms with van der Waals surface area (Å²) < 4.78 is 11.1. The number of para-hydroxylation sites is 1. The average Bonchev–Trinajstić information content (AvgIpc) is 2.76. The predicted octanol–water partition coefficient (Wildman–Crippen LogP) is 3.38. The third kappa shape index (κ3) is 6.89. The molecule has 2 amide bonds. The highest BCUT2D eigenvalue weighted by Crippen LogP contribution is 2.17. The Labute approximate surface area is 181 Å². The van der Waals surface area contributed by atoms with Crippen molar-refractivity contribution >= 4 is 29.1 Å². The van der Waals surface area contributed by atoms with Crippen LogP contribution in [0.2, 0.25) is 0 Å². The highest BCUT2D eigenvalue weighted by molar-refractivity contribution is 7.80. The van der Waals surface area contributed by atoms with Gasteiger partial charge in [0, 0.05) is 5.56 Å². The molecule has 2 aromatic rings. The molecule has 3 N–H and O–H groups in total. The van der Waals surface area contributed by atoms with E-state index in [9.17, 15) is 9.59 Å². The summed E-state index contributed by atoms with van der Waals surface area (Å²) in [5.74, 6) is 0.224. The van der Waals surface area contributed by atoms with Crippen LogP contribution in [0, 0.1) is 0 Å². The molecule has 0 saturated carbocycles. The number of thiocarbonyl (C=S) groups is 1. The molecule has 2 aromatic carbocycles. The van der Waals surface area contributed by atoms with Gasteiger partial charge in [0.1, 0.15) is 18.1 Å². The summed E-state index contributed by atoms with van der Waals surface area (Å²) >= 11 is 5.07. The Morgan fingerprint density at radius 1 is 1.10 bits per heavy atom. The lowest BCUT2D eigenvalue weighted by atomic mass is 10.2. The van der Waals surface area contributed by atoms with Gasteiger partial charge >= 0.3 is 0 Å². The third-order valence-electron chi connectivity index (χ3n) is 4.03.